The lowest BCUT2D eigenvalue weighted by Crippen LogP contribution is -2.05. The quantitative estimate of drug-likeness (QED) is 0.944. The number of hydrogen-bond acceptors (Lipinski definition) is 3. The molecule has 4 nitrogen and oxygen atoms in total. The van der Waals surface area contributed by atoms with E-state index < -0.39 is 5.97 Å². The van der Waals surface area contributed by atoms with Crippen molar-refractivity contribution in [3.63, 3.8) is 0 Å². The molecule has 2 rings (SSSR count). The summed E-state index contributed by atoms with van der Waals surface area (Å²) in [6.45, 7) is 0. The van der Waals surface area contributed by atoms with Crippen molar-refractivity contribution in [2.24, 2.45) is 0 Å². The highest BCUT2D eigenvalue weighted by Gasteiger charge is 2.07. The van der Waals surface area contributed by atoms with Gasteiger partial charge in [0.25, 0.3) is 0 Å². The number of rotatable bonds is 3. The van der Waals surface area contributed by atoms with E-state index in [-0.39, 0.29) is 5.69 Å². The number of carboxylic acid groups (broad SMARTS) is 1. The number of benzene rings is 1. The van der Waals surface area contributed by atoms with Crippen molar-refractivity contribution in [2.75, 3.05) is 0 Å². The molecule has 1 aromatic carbocycles. The van der Waals surface area contributed by atoms with E-state index >= 15 is 0 Å². The van der Waals surface area contributed by atoms with Crippen molar-refractivity contribution in [3.8, 4) is 0 Å². The largest absolute Gasteiger partial charge is 0.477 e. The fourth-order valence-corrected chi connectivity index (χ4v) is 1.84. The minimum absolute atomic E-state index is 0.0158. The van der Waals surface area contributed by atoms with E-state index in [1.165, 1.54) is 12.3 Å². The van der Waals surface area contributed by atoms with Crippen molar-refractivity contribution >= 4 is 21.9 Å². The second-order valence-electron chi connectivity index (χ2n) is 3.43. The molecule has 0 fully saturated rings. The van der Waals surface area contributed by atoms with Crippen LogP contribution in [0, 0.1) is 0 Å². The molecule has 0 saturated heterocycles. The molecule has 0 unspecified atom stereocenters. The Labute approximate surface area is 106 Å². The Hall–Kier alpha value is -1.75. The van der Waals surface area contributed by atoms with Crippen molar-refractivity contribution in [1.82, 2.24) is 9.97 Å². The van der Waals surface area contributed by atoms with Gasteiger partial charge < -0.3 is 5.11 Å². The minimum Gasteiger partial charge on any atom is -0.477 e. The predicted molar refractivity (Wildman–Crippen MR) is 65.9 cm³/mol. The van der Waals surface area contributed by atoms with E-state index in [9.17, 15) is 4.79 Å². The van der Waals surface area contributed by atoms with Gasteiger partial charge in [-0.25, -0.2) is 14.8 Å². The monoisotopic (exact) mass is 292 g/mol. The van der Waals surface area contributed by atoms with Crippen molar-refractivity contribution < 1.29 is 9.90 Å². The third-order valence-corrected chi connectivity index (χ3v) is 3.00. The maximum absolute atomic E-state index is 10.8. The molecule has 17 heavy (non-hydrogen) atoms. The van der Waals surface area contributed by atoms with Gasteiger partial charge in [0.1, 0.15) is 5.82 Å². The van der Waals surface area contributed by atoms with Gasteiger partial charge in [0.15, 0.2) is 5.69 Å². The van der Waals surface area contributed by atoms with Gasteiger partial charge in [-0.1, -0.05) is 34.1 Å². The first-order valence-electron chi connectivity index (χ1n) is 4.95. The van der Waals surface area contributed by atoms with Crippen LogP contribution >= 0.6 is 15.9 Å². The number of hydrogen-bond donors (Lipinski definition) is 1. The lowest BCUT2D eigenvalue weighted by atomic mass is 10.1. The molecule has 1 heterocycles. The van der Waals surface area contributed by atoms with Crippen LogP contribution in [0.5, 0.6) is 0 Å². The molecule has 0 aliphatic heterocycles. The maximum atomic E-state index is 10.8. The van der Waals surface area contributed by atoms with Gasteiger partial charge in [0, 0.05) is 17.1 Å². The lowest BCUT2D eigenvalue weighted by Gasteiger charge is -2.03. The Morgan fingerprint density at radius 1 is 1.29 bits per heavy atom. The van der Waals surface area contributed by atoms with Crippen LogP contribution in [-0.4, -0.2) is 21.0 Å². The molecule has 1 N–H and O–H groups in total. The lowest BCUT2D eigenvalue weighted by molar-refractivity contribution is 0.0690. The molecule has 0 aliphatic rings. The molecule has 0 saturated carbocycles. The number of aromatic carboxylic acids is 1. The summed E-state index contributed by atoms with van der Waals surface area (Å²) in [4.78, 5) is 18.8. The van der Waals surface area contributed by atoms with Crippen LogP contribution < -0.4 is 0 Å². The summed E-state index contributed by atoms with van der Waals surface area (Å²) < 4.78 is 0.962. The summed E-state index contributed by atoms with van der Waals surface area (Å²) in [6, 6.07) is 9.09. The fraction of sp³-hybridized carbons (Fsp3) is 0.0833. The molecule has 5 heteroatoms. The summed E-state index contributed by atoms with van der Waals surface area (Å²) in [5, 5.41) is 8.83. The summed E-state index contributed by atoms with van der Waals surface area (Å²) in [7, 11) is 0. The number of halogens is 1. The smallest absolute Gasteiger partial charge is 0.354 e. The third-order valence-electron chi connectivity index (χ3n) is 2.23. The molecule has 86 valence electrons. The van der Waals surface area contributed by atoms with Gasteiger partial charge in [-0.05, 0) is 17.7 Å². The minimum atomic E-state index is -1.04. The molecule has 0 radical (unpaired) electrons. The van der Waals surface area contributed by atoms with Crippen LogP contribution in [0.1, 0.15) is 21.9 Å². The first-order chi connectivity index (χ1) is 8.16. The highest BCUT2D eigenvalue weighted by Crippen LogP contribution is 2.18. The van der Waals surface area contributed by atoms with E-state index in [2.05, 4.69) is 25.9 Å². The Morgan fingerprint density at radius 2 is 2.06 bits per heavy atom. The molecule has 0 amide bonds. The van der Waals surface area contributed by atoms with Crippen LogP contribution in [-0.2, 0) is 6.42 Å². The first kappa shape index (κ1) is 11.7. The Balaban J connectivity index is 2.28. The van der Waals surface area contributed by atoms with Crippen LogP contribution in [0.2, 0.25) is 0 Å². The standard InChI is InChI=1S/C12H9BrN2O2/c13-9-4-2-1-3-8(9)7-11-14-6-5-10(15-11)12(16)17/h1-6H,7H2,(H,16,17). The van der Waals surface area contributed by atoms with E-state index in [1.807, 2.05) is 24.3 Å². The second-order valence-corrected chi connectivity index (χ2v) is 4.29. The van der Waals surface area contributed by atoms with E-state index in [4.69, 9.17) is 5.11 Å². The van der Waals surface area contributed by atoms with Crippen LogP contribution in [0.4, 0.5) is 0 Å². The fourth-order valence-electron chi connectivity index (χ4n) is 1.42. The Bertz CT molecular complexity index is 558. The highest BCUT2D eigenvalue weighted by atomic mass is 79.9. The van der Waals surface area contributed by atoms with E-state index in [0.29, 0.717) is 12.2 Å². The van der Waals surface area contributed by atoms with E-state index in [1.54, 1.807) is 0 Å². The number of aromatic nitrogens is 2. The summed E-state index contributed by atoms with van der Waals surface area (Å²) in [5.74, 6) is -0.544. The highest BCUT2D eigenvalue weighted by molar-refractivity contribution is 9.10. The van der Waals surface area contributed by atoms with Crippen LogP contribution in [0.25, 0.3) is 0 Å². The normalized spacial score (nSPS) is 10.2. The van der Waals surface area contributed by atoms with Crippen molar-refractivity contribution in [1.29, 1.82) is 0 Å². The van der Waals surface area contributed by atoms with E-state index in [0.717, 1.165) is 10.0 Å². The van der Waals surface area contributed by atoms with Crippen LogP contribution in [0.3, 0.4) is 0 Å². The van der Waals surface area contributed by atoms with Gasteiger partial charge in [-0.2, -0.15) is 0 Å². The predicted octanol–water partition coefficient (Wildman–Crippen LogP) is 2.53. The molecule has 1 aromatic heterocycles. The second kappa shape index (κ2) is 5.05. The SMILES string of the molecule is O=C(O)c1ccnc(Cc2ccccc2Br)n1. The third kappa shape index (κ3) is 2.88. The zero-order valence-corrected chi connectivity index (χ0v) is 10.4. The zero-order valence-electron chi connectivity index (χ0n) is 8.80. The molecule has 2 aromatic rings. The number of carbonyl (C=O) groups is 1. The molecular formula is C12H9BrN2O2. The van der Waals surface area contributed by atoms with Gasteiger partial charge in [-0.3, -0.25) is 0 Å². The molecular weight excluding hydrogens is 284 g/mol. The Morgan fingerprint density at radius 3 is 2.76 bits per heavy atom. The van der Waals surface area contributed by atoms with Gasteiger partial charge in [-0.15, -0.1) is 0 Å². The van der Waals surface area contributed by atoms with Crippen molar-refractivity contribution in [3.05, 3.63) is 58.1 Å². The summed E-state index contributed by atoms with van der Waals surface area (Å²) in [6.07, 6.45) is 1.96. The zero-order chi connectivity index (χ0) is 12.3. The number of nitrogens with zero attached hydrogens (tertiary/aromatic N) is 2. The molecule has 0 bridgehead atoms. The van der Waals surface area contributed by atoms with Gasteiger partial charge >= 0.3 is 5.97 Å². The van der Waals surface area contributed by atoms with Crippen LogP contribution in [0.15, 0.2) is 41.0 Å². The molecule has 0 atom stereocenters. The van der Waals surface area contributed by atoms with Crippen molar-refractivity contribution in [2.45, 2.75) is 6.42 Å². The first-order valence-corrected chi connectivity index (χ1v) is 5.75. The van der Waals surface area contributed by atoms with Gasteiger partial charge in [0.2, 0.25) is 0 Å². The molecule has 0 spiro atoms. The molecule has 0 aliphatic carbocycles. The van der Waals surface area contributed by atoms with Gasteiger partial charge in [0.05, 0.1) is 0 Å². The number of carboxylic acids is 1. The maximum Gasteiger partial charge on any atom is 0.354 e. The average molecular weight is 293 g/mol. The Kier molecular flexibility index (Phi) is 3.49. The summed E-state index contributed by atoms with van der Waals surface area (Å²) in [5.41, 5.74) is 1.04. The summed E-state index contributed by atoms with van der Waals surface area (Å²) >= 11 is 3.43. The average Bonchev–Trinajstić information content (AvgIpc) is 2.32. The topological polar surface area (TPSA) is 63.1 Å².